The molecule has 27 heavy (non-hydrogen) atoms. The predicted octanol–water partition coefficient (Wildman–Crippen LogP) is 3.60. The first-order valence-electron chi connectivity index (χ1n) is 7.74. The zero-order chi connectivity index (χ0) is 20.0. The van der Waals surface area contributed by atoms with E-state index in [2.05, 4.69) is 6.58 Å². The van der Waals surface area contributed by atoms with E-state index in [1.54, 1.807) is 24.3 Å². The minimum Gasteiger partial charge on any atom is -0.496 e. The molecule has 0 saturated heterocycles. The summed E-state index contributed by atoms with van der Waals surface area (Å²) in [4.78, 5) is 32.5. The molecule has 2 rings (SSSR count). The normalized spacial score (nSPS) is 10.1. The summed E-state index contributed by atoms with van der Waals surface area (Å²) in [5.41, 5.74) is 0.0502. The number of benzene rings is 2. The molecule has 0 amide bonds. The van der Waals surface area contributed by atoms with E-state index in [9.17, 15) is 25.0 Å². The van der Waals surface area contributed by atoms with Gasteiger partial charge >= 0.3 is 5.97 Å². The highest BCUT2D eigenvalue weighted by Gasteiger charge is 2.21. The molecule has 0 bridgehead atoms. The van der Waals surface area contributed by atoms with Crippen molar-refractivity contribution in [2.75, 3.05) is 7.11 Å². The summed E-state index contributed by atoms with van der Waals surface area (Å²) >= 11 is 0. The maximum absolute atomic E-state index is 12.3. The van der Waals surface area contributed by atoms with E-state index >= 15 is 0 Å². The molecule has 0 saturated carbocycles. The smallest absolute Gasteiger partial charge is 0.338 e. The lowest BCUT2D eigenvalue weighted by Gasteiger charge is -2.13. The van der Waals surface area contributed by atoms with Gasteiger partial charge in [0, 0.05) is 17.7 Å². The summed E-state index contributed by atoms with van der Waals surface area (Å²) in [6, 6.07) is 7.88. The fraction of sp³-hybridized carbons (Fsp3) is 0.167. The molecule has 0 fully saturated rings. The molecule has 140 valence electrons. The topological polar surface area (TPSA) is 122 Å². The number of nitro groups is 2. The quantitative estimate of drug-likeness (QED) is 0.300. The van der Waals surface area contributed by atoms with Crippen molar-refractivity contribution in [3.63, 3.8) is 0 Å². The van der Waals surface area contributed by atoms with Crippen LogP contribution in [-0.2, 0) is 17.8 Å². The fourth-order valence-electron chi connectivity index (χ4n) is 2.46. The van der Waals surface area contributed by atoms with Crippen molar-refractivity contribution in [3.05, 3.63) is 86.0 Å². The summed E-state index contributed by atoms with van der Waals surface area (Å²) in [7, 11) is 1.51. The van der Waals surface area contributed by atoms with Crippen LogP contribution in [0.3, 0.4) is 0 Å². The molecular formula is C18H16N2O7. The maximum Gasteiger partial charge on any atom is 0.338 e. The molecule has 9 heteroatoms. The van der Waals surface area contributed by atoms with Crippen molar-refractivity contribution in [1.82, 2.24) is 0 Å². The molecule has 0 aliphatic carbocycles. The number of hydrogen-bond acceptors (Lipinski definition) is 7. The van der Waals surface area contributed by atoms with Gasteiger partial charge in [-0.3, -0.25) is 20.2 Å². The van der Waals surface area contributed by atoms with Gasteiger partial charge in [0.05, 0.1) is 28.6 Å². The average Bonchev–Trinajstić information content (AvgIpc) is 2.66. The molecule has 0 spiro atoms. The van der Waals surface area contributed by atoms with Gasteiger partial charge in [-0.25, -0.2) is 4.79 Å². The van der Waals surface area contributed by atoms with Gasteiger partial charge < -0.3 is 9.47 Å². The van der Waals surface area contributed by atoms with Crippen LogP contribution in [0.25, 0.3) is 0 Å². The molecule has 9 nitrogen and oxygen atoms in total. The minimum absolute atomic E-state index is 0.129. The van der Waals surface area contributed by atoms with Crippen molar-refractivity contribution in [2.45, 2.75) is 13.0 Å². The average molecular weight is 372 g/mol. The highest BCUT2D eigenvalue weighted by Crippen LogP contribution is 2.26. The Morgan fingerprint density at radius 2 is 1.78 bits per heavy atom. The summed E-state index contributed by atoms with van der Waals surface area (Å²) in [5, 5.41) is 21.8. The molecule has 0 aliphatic heterocycles. The zero-order valence-corrected chi connectivity index (χ0v) is 14.4. The van der Waals surface area contributed by atoms with Gasteiger partial charge in [-0.05, 0) is 18.1 Å². The molecule has 2 aromatic carbocycles. The van der Waals surface area contributed by atoms with Crippen LogP contribution in [0.4, 0.5) is 11.4 Å². The van der Waals surface area contributed by atoms with Gasteiger partial charge in [0.2, 0.25) is 0 Å². The number of hydrogen-bond donors (Lipinski definition) is 0. The highest BCUT2D eigenvalue weighted by atomic mass is 16.6. The van der Waals surface area contributed by atoms with Crippen LogP contribution in [0.15, 0.2) is 49.1 Å². The van der Waals surface area contributed by atoms with Gasteiger partial charge in [-0.15, -0.1) is 6.58 Å². The third-order valence-corrected chi connectivity index (χ3v) is 3.72. The Labute approximate surface area is 154 Å². The van der Waals surface area contributed by atoms with Crippen LogP contribution in [0, 0.1) is 20.2 Å². The highest BCUT2D eigenvalue weighted by molar-refractivity contribution is 5.91. The zero-order valence-electron chi connectivity index (χ0n) is 14.4. The Morgan fingerprint density at radius 1 is 1.15 bits per heavy atom. The second-order valence-corrected chi connectivity index (χ2v) is 5.42. The Morgan fingerprint density at radius 3 is 2.30 bits per heavy atom. The number of nitro benzene ring substituents is 2. The lowest BCUT2D eigenvalue weighted by Crippen LogP contribution is -2.08. The number of esters is 1. The van der Waals surface area contributed by atoms with Crippen molar-refractivity contribution in [2.24, 2.45) is 0 Å². The van der Waals surface area contributed by atoms with Crippen molar-refractivity contribution < 1.29 is 24.1 Å². The number of ether oxygens (including phenoxy) is 2. The van der Waals surface area contributed by atoms with Crippen molar-refractivity contribution in [1.29, 1.82) is 0 Å². The Bertz CT molecular complexity index is 876. The number of rotatable bonds is 8. The number of allylic oxidation sites excluding steroid dienone is 1. The molecule has 0 atom stereocenters. The Balaban J connectivity index is 2.27. The fourth-order valence-corrected chi connectivity index (χ4v) is 2.46. The summed E-state index contributed by atoms with van der Waals surface area (Å²) in [5.74, 6) is -0.302. The molecule has 0 aromatic heterocycles. The van der Waals surface area contributed by atoms with Gasteiger partial charge in [-0.1, -0.05) is 18.2 Å². The van der Waals surface area contributed by atoms with E-state index in [-0.39, 0.29) is 12.2 Å². The van der Waals surface area contributed by atoms with Gasteiger partial charge in [0.15, 0.2) is 0 Å². The monoisotopic (exact) mass is 372 g/mol. The maximum atomic E-state index is 12.3. The lowest BCUT2D eigenvalue weighted by atomic mass is 10.0. The third kappa shape index (κ3) is 4.66. The molecular weight excluding hydrogens is 356 g/mol. The van der Waals surface area contributed by atoms with E-state index < -0.39 is 27.2 Å². The van der Waals surface area contributed by atoms with E-state index in [1.807, 2.05) is 0 Å². The van der Waals surface area contributed by atoms with Gasteiger partial charge in [0.1, 0.15) is 12.4 Å². The van der Waals surface area contributed by atoms with E-state index in [1.165, 1.54) is 7.11 Å². The molecule has 0 aliphatic rings. The van der Waals surface area contributed by atoms with E-state index in [4.69, 9.17) is 9.47 Å². The predicted molar refractivity (Wildman–Crippen MR) is 95.8 cm³/mol. The van der Waals surface area contributed by atoms with E-state index in [0.29, 0.717) is 17.7 Å². The second-order valence-electron chi connectivity index (χ2n) is 5.42. The molecule has 2 aromatic rings. The SMILES string of the molecule is C=CCc1c(COC(=O)c2cc([N+](=O)[O-])cc([N+](=O)[O-])c2)cccc1OC. The van der Waals surface area contributed by atoms with Crippen LogP contribution < -0.4 is 4.74 Å². The Hall–Kier alpha value is -3.75. The van der Waals surface area contributed by atoms with Crippen LogP contribution in [0.2, 0.25) is 0 Å². The standard InChI is InChI=1S/C18H16N2O7/c1-3-5-16-12(6-4-7-17(16)26-2)11-27-18(21)13-8-14(19(22)23)10-15(9-13)20(24)25/h3-4,6-10H,1,5,11H2,2H3. The second kappa shape index (κ2) is 8.56. The van der Waals surface area contributed by atoms with Crippen LogP contribution >= 0.6 is 0 Å². The molecule has 0 unspecified atom stereocenters. The minimum atomic E-state index is -0.908. The number of nitrogens with zero attached hydrogens (tertiary/aromatic N) is 2. The van der Waals surface area contributed by atoms with Crippen LogP contribution in [0.1, 0.15) is 21.5 Å². The summed E-state index contributed by atoms with van der Waals surface area (Å²) < 4.78 is 10.5. The first-order valence-corrected chi connectivity index (χ1v) is 7.74. The summed E-state index contributed by atoms with van der Waals surface area (Å²) in [6.45, 7) is 3.55. The van der Waals surface area contributed by atoms with Crippen LogP contribution in [0.5, 0.6) is 5.75 Å². The van der Waals surface area contributed by atoms with Gasteiger partial charge in [0.25, 0.3) is 11.4 Å². The first-order chi connectivity index (χ1) is 12.9. The number of methoxy groups -OCH3 is 1. The number of non-ortho nitro benzene ring substituents is 2. The van der Waals surface area contributed by atoms with Crippen molar-refractivity contribution >= 4 is 17.3 Å². The van der Waals surface area contributed by atoms with Crippen LogP contribution in [-0.4, -0.2) is 22.9 Å². The lowest BCUT2D eigenvalue weighted by molar-refractivity contribution is -0.394. The summed E-state index contributed by atoms with van der Waals surface area (Å²) in [6.07, 6.45) is 2.16. The Kier molecular flexibility index (Phi) is 6.21. The third-order valence-electron chi connectivity index (χ3n) is 3.72. The first kappa shape index (κ1) is 19.6. The molecule has 0 heterocycles. The number of carbonyl (C=O) groups excluding carboxylic acids is 1. The number of carbonyl (C=O) groups is 1. The largest absolute Gasteiger partial charge is 0.496 e. The molecule has 0 N–H and O–H groups in total. The van der Waals surface area contributed by atoms with E-state index in [0.717, 1.165) is 23.8 Å². The molecule has 0 radical (unpaired) electrons. The van der Waals surface area contributed by atoms with Crippen molar-refractivity contribution in [3.8, 4) is 5.75 Å². The van der Waals surface area contributed by atoms with Gasteiger partial charge in [-0.2, -0.15) is 0 Å².